The van der Waals surface area contributed by atoms with Crippen LogP contribution in [0, 0.1) is 0 Å². The highest BCUT2D eigenvalue weighted by Crippen LogP contribution is 2.23. The average Bonchev–Trinajstić information content (AvgIpc) is 2.74. The minimum absolute atomic E-state index is 0.0538. The van der Waals surface area contributed by atoms with Crippen molar-refractivity contribution in [2.24, 2.45) is 0 Å². The molecule has 0 radical (unpaired) electrons. The predicted octanol–water partition coefficient (Wildman–Crippen LogP) is 5.03. The van der Waals surface area contributed by atoms with E-state index >= 15 is 0 Å². The molecule has 4 rings (SSSR count). The van der Waals surface area contributed by atoms with Gasteiger partial charge in [0.25, 0.3) is 5.56 Å². The summed E-state index contributed by atoms with van der Waals surface area (Å²) >= 11 is 6.38. The number of aromatic amines is 1. The lowest BCUT2D eigenvalue weighted by Gasteiger charge is -2.04. The van der Waals surface area contributed by atoms with Gasteiger partial charge >= 0.3 is 5.97 Å². The molecule has 0 amide bonds. The van der Waals surface area contributed by atoms with Gasteiger partial charge in [-0.1, -0.05) is 66.2 Å². The first-order valence-corrected chi connectivity index (χ1v) is 9.19. The molecule has 0 aliphatic rings. The average molecular weight is 403 g/mol. The number of rotatable bonds is 4. The number of carboxylic acids is 1. The number of carboxylic acid groups (broad SMARTS) is 1. The van der Waals surface area contributed by atoms with E-state index in [1.54, 1.807) is 6.08 Å². The molecule has 3 aromatic carbocycles. The van der Waals surface area contributed by atoms with E-state index in [1.165, 1.54) is 18.2 Å². The monoisotopic (exact) mass is 402 g/mol. The third-order valence-corrected chi connectivity index (χ3v) is 4.78. The standard InChI is InChI=1S/C23H15ClN2O3/c24-19(12-14-6-8-16(9-7-14)15-4-2-1-3-5-15)21-25-20-13-17(23(28)29)10-11-18(20)22(27)26-21/h1-13H,(H,28,29)(H,25,26,27)/b19-12-. The van der Waals surface area contributed by atoms with Crippen molar-refractivity contribution in [3.8, 4) is 11.1 Å². The van der Waals surface area contributed by atoms with E-state index in [4.69, 9.17) is 16.7 Å². The summed E-state index contributed by atoms with van der Waals surface area (Å²) in [6.45, 7) is 0. The van der Waals surface area contributed by atoms with Gasteiger partial charge in [0.05, 0.1) is 21.5 Å². The van der Waals surface area contributed by atoms with Gasteiger partial charge in [-0.25, -0.2) is 9.78 Å². The molecule has 142 valence electrons. The molecule has 0 bridgehead atoms. The maximum atomic E-state index is 12.3. The fraction of sp³-hybridized carbons (Fsp3) is 0. The van der Waals surface area contributed by atoms with Crippen LogP contribution in [0.5, 0.6) is 0 Å². The SMILES string of the molecule is O=C(O)c1ccc2c(=O)[nH]c(/C(Cl)=C/c3ccc(-c4ccccc4)cc3)nc2c1. The van der Waals surface area contributed by atoms with Crippen LogP contribution in [0.4, 0.5) is 0 Å². The molecular weight excluding hydrogens is 388 g/mol. The molecule has 4 aromatic rings. The van der Waals surface area contributed by atoms with Crippen LogP contribution in [0.3, 0.4) is 0 Å². The summed E-state index contributed by atoms with van der Waals surface area (Å²) in [5.74, 6) is -0.908. The second-order valence-electron chi connectivity index (χ2n) is 6.43. The molecule has 1 aromatic heterocycles. The minimum atomic E-state index is -1.09. The van der Waals surface area contributed by atoms with Gasteiger partial charge in [-0.2, -0.15) is 0 Å². The van der Waals surface area contributed by atoms with Gasteiger partial charge in [0, 0.05) is 0 Å². The first-order chi connectivity index (χ1) is 14.0. The van der Waals surface area contributed by atoms with Gasteiger partial charge in [0.15, 0.2) is 5.82 Å². The molecule has 5 nitrogen and oxygen atoms in total. The third-order valence-electron chi connectivity index (χ3n) is 4.49. The lowest BCUT2D eigenvalue weighted by atomic mass is 10.0. The largest absolute Gasteiger partial charge is 0.478 e. The number of nitrogens with zero attached hydrogens (tertiary/aromatic N) is 1. The Labute approximate surface area is 170 Å². The molecule has 0 unspecified atom stereocenters. The van der Waals surface area contributed by atoms with Crippen LogP contribution in [0.1, 0.15) is 21.7 Å². The van der Waals surface area contributed by atoms with Crippen LogP contribution in [0.15, 0.2) is 77.6 Å². The zero-order valence-corrected chi connectivity index (χ0v) is 15.9. The van der Waals surface area contributed by atoms with Crippen LogP contribution in [-0.2, 0) is 0 Å². The molecule has 6 heteroatoms. The van der Waals surface area contributed by atoms with Crippen LogP contribution in [0.25, 0.3) is 33.1 Å². The maximum Gasteiger partial charge on any atom is 0.335 e. The summed E-state index contributed by atoms with van der Waals surface area (Å²) in [5, 5.41) is 9.69. The van der Waals surface area contributed by atoms with E-state index in [9.17, 15) is 9.59 Å². The highest BCUT2D eigenvalue weighted by atomic mass is 35.5. The van der Waals surface area contributed by atoms with Crippen molar-refractivity contribution in [3.63, 3.8) is 0 Å². The number of hydrogen-bond acceptors (Lipinski definition) is 3. The Bertz CT molecular complexity index is 1290. The number of H-pyrrole nitrogens is 1. The molecule has 1 heterocycles. The molecule has 0 fully saturated rings. The smallest absolute Gasteiger partial charge is 0.335 e. The van der Waals surface area contributed by atoms with Crippen molar-refractivity contribution in [3.05, 3.63) is 100 Å². The van der Waals surface area contributed by atoms with Gasteiger partial charge in [-0.05, 0) is 41.0 Å². The van der Waals surface area contributed by atoms with E-state index in [0.29, 0.717) is 5.39 Å². The molecule has 29 heavy (non-hydrogen) atoms. The highest BCUT2D eigenvalue weighted by molar-refractivity contribution is 6.50. The van der Waals surface area contributed by atoms with Gasteiger partial charge in [0.2, 0.25) is 0 Å². The molecule has 0 spiro atoms. The van der Waals surface area contributed by atoms with E-state index in [1.807, 2.05) is 54.6 Å². The van der Waals surface area contributed by atoms with Crippen LogP contribution in [0.2, 0.25) is 0 Å². The van der Waals surface area contributed by atoms with Crippen molar-refractivity contribution >= 4 is 39.6 Å². The van der Waals surface area contributed by atoms with E-state index < -0.39 is 5.97 Å². The Morgan fingerprint density at radius 2 is 1.66 bits per heavy atom. The van der Waals surface area contributed by atoms with Crippen molar-refractivity contribution < 1.29 is 9.90 Å². The molecule has 0 saturated carbocycles. The van der Waals surface area contributed by atoms with Gasteiger partial charge in [-0.3, -0.25) is 4.79 Å². The topological polar surface area (TPSA) is 83.0 Å². The Morgan fingerprint density at radius 3 is 2.34 bits per heavy atom. The normalized spacial score (nSPS) is 11.6. The summed E-state index contributed by atoms with van der Waals surface area (Å²) in [7, 11) is 0. The Morgan fingerprint density at radius 1 is 0.966 bits per heavy atom. The van der Waals surface area contributed by atoms with Crippen LogP contribution in [-0.4, -0.2) is 21.0 Å². The third kappa shape index (κ3) is 3.95. The number of fused-ring (bicyclic) bond motifs is 1. The summed E-state index contributed by atoms with van der Waals surface area (Å²) in [4.78, 5) is 30.4. The van der Waals surface area contributed by atoms with Crippen molar-refractivity contribution in [2.75, 3.05) is 0 Å². The van der Waals surface area contributed by atoms with Gasteiger partial charge < -0.3 is 10.1 Å². The summed E-state index contributed by atoms with van der Waals surface area (Å²) in [6, 6.07) is 22.0. The fourth-order valence-corrected chi connectivity index (χ4v) is 3.22. The second-order valence-corrected chi connectivity index (χ2v) is 6.84. The Balaban J connectivity index is 1.69. The first kappa shape index (κ1) is 18.7. The number of nitrogens with one attached hydrogen (secondary N) is 1. The zero-order chi connectivity index (χ0) is 20.4. The van der Waals surface area contributed by atoms with E-state index in [0.717, 1.165) is 16.7 Å². The number of carbonyl (C=O) groups is 1. The second kappa shape index (κ2) is 7.73. The molecule has 2 N–H and O–H groups in total. The van der Waals surface area contributed by atoms with Gasteiger partial charge in [-0.15, -0.1) is 0 Å². The first-order valence-electron chi connectivity index (χ1n) is 8.82. The van der Waals surface area contributed by atoms with Crippen LogP contribution >= 0.6 is 11.6 Å². The number of aromatic carboxylic acids is 1. The lowest BCUT2D eigenvalue weighted by Crippen LogP contribution is -2.11. The molecular formula is C23H15ClN2O3. The molecule has 0 aliphatic heterocycles. The maximum absolute atomic E-state index is 12.3. The highest BCUT2D eigenvalue weighted by Gasteiger charge is 2.10. The van der Waals surface area contributed by atoms with E-state index in [2.05, 4.69) is 9.97 Å². The van der Waals surface area contributed by atoms with Gasteiger partial charge in [0.1, 0.15) is 0 Å². The van der Waals surface area contributed by atoms with Crippen molar-refractivity contribution in [1.29, 1.82) is 0 Å². The quantitative estimate of drug-likeness (QED) is 0.501. The lowest BCUT2D eigenvalue weighted by molar-refractivity contribution is 0.0697. The van der Waals surface area contributed by atoms with E-state index in [-0.39, 0.29) is 27.5 Å². The molecule has 0 atom stereocenters. The number of aromatic nitrogens is 2. The van der Waals surface area contributed by atoms with Crippen molar-refractivity contribution in [1.82, 2.24) is 9.97 Å². The summed E-state index contributed by atoms with van der Waals surface area (Å²) < 4.78 is 0. The zero-order valence-electron chi connectivity index (χ0n) is 15.1. The number of halogens is 1. The van der Waals surface area contributed by atoms with Crippen molar-refractivity contribution in [2.45, 2.75) is 0 Å². The van der Waals surface area contributed by atoms with Crippen LogP contribution < -0.4 is 5.56 Å². The number of benzene rings is 3. The molecule has 0 saturated heterocycles. The summed E-state index contributed by atoms with van der Waals surface area (Å²) in [5.41, 5.74) is 2.98. The summed E-state index contributed by atoms with van der Waals surface area (Å²) in [6.07, 6.45) is 1.70. The fourth-order valence-electron chi connectivity index (χ4n) is 3.00. The minimum Gasteiger partial charge on any atom is -0.478 e. The number of hydrogen-bond donors (Lipinski definition) is 2. The Hall–Kier alpha value is -3.70. The molecule has 0 aliphatic carbocycles. The predicted molar refractivity (Wildman–Crippen MR) is 115 cm³/mol. The Kier molecular flexibility index (Phi) is 4.97.